The molecular formula is C12H15NO4. The number of aliphatic carboxylic acids is 2. The first-order chi connectivity index (χ1) is 8.00. The predicted molar refractivity (Wildman–Crippen MR) is 61.8 cm³/mol. The third-order valence-electron chi connectivity index (χ3n) is 2.31. The summed E-state index contributed by atoms with van der Waals surface area (Å²) >= 11 is 0. The minimum Gasteiger partial charge on any atom is -0.481 e. The number of carboxylic acid groups (broad SMARTS) is 2. The lowest BCUT2D eigenvalue weighted by molar-refractivity contribution is -0.141. The Morgan fingerprint density at radius 3 is 2.59 bits per heavy atom. The highest BCUT2D eigenvalue weighted by atomic mass is 16.4. The van der Waals surface area contributed by atoms with E-state index in [0.717, 1.165) is 5.56 Å². The zero-order valence-electron chi connectivity index (χ0n) is 9.51. The molecule has 92 valence electrons. The molecule has 0 radical (unpaired) electrons. The van der Waals surface area contributed by atoms with Gasteiger partial charge in [-0.3, -0.25) is 9.59 Å². The maximum atomic E-state index is 11.1. The van der Waals surface area contributed by atoms with E-state index >= 15 is 0 Å². The molecule has 0 saturated carbocycles. The average molecular weight is 237 g/mol. The van der Waals surface area contributed by atoms with Crippen LogP contribution in [0.5, 0.6) is 0 Å². The smallest absolute Gasteiger partial charge is 0.325 e. The molecule has 1 aromatic rings. The van der Waals surface area contributed by atoms with Crippen molar-refractivity contribution >= 4 is 11.9 Å². The number of carboxylic acids is 2. The quantitative estimate of drug-likeness (QED) is 0.691. The first kappa shape index (κ1) is 13.2. The number of rotatable bonds is 6. The summed E-state index contributed by atoms with van der Waals surface area (Å²) in [5.74, 6) is -1.97. The van der Waals surface area contributed by atoms with Crippen LogP contribution in [0.4, 0.5) is 0 Å². The fraction of sp³-hybridized carbons (Fsp3) is 0.333. The summed E-state index contributed by atoms with van der Waals surface area (Å²) in [6.07, 6.45) is -0.102. The summed E-state index contributed by atoms with van der Waals surface area (Å²) in [5, 5.41) is 20.3. The maximum absolute atomic E-state index is 11.1. The standard InChI is InChI=1S/C12H15NO4/c1-8-3-2-4-9(7-8)11(12(16)17)13-6-5-10(14)15/h2-4,7,11,13H,5-6H2,1H3,(H,14,15)(H,16,17). The Morgan fingerprint density at radius 1 is 1.35 bits per heavy atom. The molecule has 0 aromatic heterocycles. The first-order valence-corrected chi connectivity index (χ1v) is 5.25. The molecule has 1 aromatic carbocycles. The Hall–Kier alpha value is -1.88. The van der Waals surface area contributed by atoms with Gasteiger partial charge < -0.3 is 15.5 Å². The SMILES string of the molecule is Cc1cccc(C(NCCC(=O)O)C(=O)O)c1. The molecule has 0 spiro atoms. The van der Waals surface area contributed by atoms with Gasteiger partial charge in [0.25, 0.3) is 0 Å². The van der Waals surface area contributed by atoms with Gasteiger partial charge in [0.1, 0.15) is 6.04 Å². The van der Waals surface area contributed by atoms with Gasteiger partial charge in [0.15, 0.2) is 0 Å². The van der Waals surface area contributed by atoms with Gasteiger partial charge in [-0.05, 0) is 12.5 Å². The minimum atomic E-state index is -1.01. The average Bonchev–Trinajstić information content (AvgIpc) is 2.23. The zero-order valence-corrected chi connectivity index (χ0v) is 9.51. The van der Waals surface area contributed by atoms with Crippen molar-refractivity contribution in [2.24, 2.45) is 0 Å². The normalized spacial score (nSPS) is 12.1. The van der Waals surface area contributed by atoms with E-state index in [0.29, 0.717) is 5.56 Å². The molecule has 0 aliphatic carbocycles. The zero-order chi connectivity index (χ0) is 12.8. The molecule has 0 bridgehead atoms. The maximum Gasteiger partial charge on any atom is 0.325 e. The Balaban J connectivity index is 2.72. The molecule has 0 saturated heterocycles. The van der Waals surface area contributed by atoms with E-state index in [4.69, 9.17) is 10.2 Å². The Kier molecular flexibility index (Phi) is 4.66. The number of hydrogen-bond donors (Lipinski definition) is 3. The van der Waals surface area contributed by atoms with Gasteiger partial charge in [-0.2, -0.15) is 0 Å². The summed E-state index contributed by atoms with van der Waals surface area (Å²) in [5.41, 5.74) is 1.59. The lowest BCUT2D eigenvalue weighted by Crippen LogP contribution is -2.30. The first-order valence-electron chi connectivity index (χ1n) is 5.25. The molecule has 0 fully saturated rings. The summed E-state index contributed by atoms with van der Waals surface area (Å²) in [4.78, 5) is 21.4. The number of aryl methyl sites for hydroxylation is 1. The minimum absolute atomic E-state index is 0.102. The van der Waals surface area contributed by atoms with Crippen LogP contribution in [-0.4, -0.2) is 28.7 Å². The molecular weight excluding hydrogens is 222 g/mol. The van der Waals surface area contributed by atoms with E-state index in [-0.39, 0.29) is 13.0 Å². The highest BCUT2D eigenvalue weighted by Gasteiger charge is 2.19. The van der Waals surface area contributed by atoms with Gasteiger partial charge in [-0.25, -0.2) is 0 Å². The molecule has 5 nitrogen and oxygen atoms in total. The molecule has 0 heterocycles. The van der Waals surface area contributed by atoms with Crippen molar-refractivity contribution in [3.8, 4) is 0 Å². The van der Waals surface area contributed by atoms with Gasteiger partial charge in [-0.1, -0.05) is 29.8 Å². The fourth-order valence-electron chi connectivity index (χ4n) is 1.52. The van der Waals surface area contributed by atoms with Gasteiger partial charge >= 0.3 is 11.9 Å². The van der Waals surface area contributed by atoms with Crippen molar-refractivity contribution in [1.82, 2.24) is 5.32 Å². The largest absolute Gasteiger partial charge is 0.481 e. The second kappa shape index (κ2) is 6.00. The van der Waals surface area contributed by atoms with Gasteiger partial charge in [0, 0.05) is 6.54 Å². The van der Waals surface area contributed by atoms with Crippen molar-refractivity contribution < 1.29 is 19.8 Å². The van der Waals surface area contributed by atoms with Crippen molar-refractivity contribution in [3.63, 3.8) is 0 Å². The van der Waals surface area contributed by atoms with E-state index in [2.05, 4.69) is 5.32 Å². The van der Waals surface area contributed by atoms with E-state index in [1.54, 1.807) is 18.2 Å². The van der Waals surface area contributed by atoms with Crippen LogP contribution in [0.15, 0.2) is 24.3 Å². The Morgan fingerprint density at radius 2 is 2.06 bits per heavy atom. The Bertz CT molecular complexity index is 417. The molecule has 1 unspecified atom stereocenters. The van der Waals surface area contributed by atoms with Crippen LogP contribution in [0.25, 0.3) is 0 Å². The molecule has 0 aliphatic rings. The molecule has 5 heteroatoms. The van der Waals surface area contributed by atoms with Crippen molar-refractivity contribution in [3.05, 3.63) is 35.4 Å². The van der Waals surface area contributed by atoms with Gasteiger partial charge in [0.2, 0.25) is 0 Å². The summed E-state index contributed by atoms with van der Waals surface area (Å²) in [6, 6.07) is 6.26. The molecule has 1 rings (SSSR count). The second-order valence-electron chi connectivity index (χ2n) is 3.78. The van der Waals surface area contributed by atoms with Crippen LogP contribution in [0.3, 0.4) is 0 Å². The van der Waals surface area contributed by atoms with Crippen LogP contribution in [0.2, 0.25) is 0 Å². The number of carbonyl (C=O) groups is 2. The van der Waals surface area contributed by atoms with Crippen LogP contribution in [-0.2, 0) is 9.59 Å². The number of benzene rings is 1. The summed E-state index contributed by atoms with van der Waals surface area (Å²) < 4.78 is 0. The number of nitrogens with one attached hydrogen (secondary N) is 1. The van der Waals surface area contributed by atoms with Crippen molar-refractivity contribution in [1.29, 1.82) is 0 Å². The van der Waals surface area contributed by atoms with Crippen LogP contribution >= 0.6 is 0 Å². The van der Waals surface area contributed by atoms with Crippen LogP contribution < -0.4 is 5.32 Å². The van der Waals surface area contributed by atoms with Crippen molar-refractivity contribution in [2.75, 3.05) is 6.54 Å². The molecule has 0 amide bonds. The highest BCUT2D eigenvalue weighted by molar-refractivity contribution is 5.75. The van der Waals surface area contributed by atoms with E-state index in [1.807, 2.05) is 13.0 Å². The van der Waals surface area contributed by atoms with Gasteiger partial charge in [0.05, 0.1) is 6.42 Å². The van der Waals surface area contributed by atoms with E-state index < -0.39 is 18.0 Å². The fourth-order valence-corrected chi connectivity index (χ4v) is 1.52. The third-order valence-corrected chi connectivity index (χ3v) is 2.31. The highest BCUT2D eigenvalue weighted by Crippen LogP contribution is 2.14. The predicted octanol–water partition coefficient (Wildman–Crippen LogP) is 1.19. The van der Waals surface area contributed by atoms with Crippen LogP contribution in [0.1, 0.15) is 23.6 Å². The second-order valence-corrected chi connectivity index (χ2v) is 3.78. The lowest BCUT2D eigenvalue weighted by Gasteiger charge is -2.14. The monoisotopic (exact) mass is 237 g/mol. The summed E-state index contributed by atoms with van der Waals surface area (Å²) in [7, 11) is 0. The lowest BCUT2D eigenvalue weighted by atomic mass is 10.0. The number of hydrogen-bond acceptors (Lipinski definition) is 3. The third kappa shape index (κ3) is 4.24. The summed E-state index contributed by atoms with van der Waals surface area (Å²) in [6.45, 7) is 2.00. The van der Waals surface area contributed by atoms with Crippen molar-refractivity contribution in [2.45, 2.75) is 19.4 Å². The van der Waals surface area contributed by atoms with Crippen LogP contribution in [0, 0.1) is 6.92 Å². The molecule has 0 aliphatic heterocycles. The molecule has 17 heavy (non-hydrogen) atoms. The van der Waals surface area contributed by atoms with E-state index in [1.165, 1.54) is 0 Å². The van der Waals surface area contributed by atoms with E-state index in [9.17, 15) is 9.59 Å². The molecule has 3 N–H and O–H groups in total. The Labute approximate surface area is 99.1 Å². The van der Waals surface area contributed by atoms with Gasteiger partial charge in [-0.15, -0.1) is 0 Å². The topological polar surface area (TPSA) is 86.6 Å². The molecule has 1 atom stereocenters.